The monoisotopic (exact) mass is 453 g/mol. The summed E-state index contributed by atoms with van der Waals surface area (Å²) in [5.41, 5.74) is 2.19. The number of carbonyl (C=O) groups is 2. The summed E-state index contributed by atoms with van der Waals surface area (Å²) in [6.07, 6.45) is 1.60. The van der Waals surface area contributed by atoms with Gasteiger partial charge in [-0.05, 0) is 68.0 Å². The number of Topliss-reactive ketones (excluding diaryl/α,β-unsaturated/α-hetero) is 1. The van der Waals surface area contributed by atoms with Gasteiger partial charge in [0.05, 0.1) is 18.8 Å². The number of aryl methyl sites for hydroxylation is 2. The lowest BCUT2D eigenvalue weighted by Crippen LogP contribution is -2.36. The van der Waals surface area contributed by atoms with Gasteiger partial charge in [0, 0.05) is 18.7 Å². The summed E-state index contributed by atoms with van der Waals surface area (Å²) >= 11 is 0. The van der Waals surface area contributed by atoms with Gasteiger partial charge >= 0.3 is 0 Å². The molecule has 2 unspecified atom stereocenters. The fourth-order valence-corrected chi connectivity index (χ4v) is 4.70. The van der Waals surface area contributed by atoms with Crippen LogP contribution in [0.25, 0.3) is 5.76 Å². The van der Waals surface area contributed by atoms with Crippen LogP contribution in [-0.4, -0.2) is 48.1 Å². The smallest absolute Gasteiger partial charge is 0.295 e. The zero-order valence-corrected chi connectivity index (χ0v) is 19.8. The van der Waals surface area contributed by atoms with Gasteiger partial charge in [0.15, 0.2) is 0 Å². The first-order valence-electron chi connectivity index (χ1n) is 11.4. The maximum atomic E-state index is 13.2. The number of amides is 1. The van der Waals surface area contributed by atoms with Crippen molar-refractivity contribution in [3.05, 3.63) is 58.0 Å². The molecule has 1 aromatic carbocycles. The molecular weight excluding hydrogens is 422 g/mol. The zero-order chi connectivity index (χ0) is 23.9. The first kappa shape index (κ1) is 23.1. The summed E-state index contributed by atoms with van der Waals surface area (Å²) in [6.45, 7) is 8.62. The molecule has 176 valence electrons. The number of nitrogens with zero attached hydrogens (tertiary/aromatic N) is 1. The molecule has 2 aliphatic heterocycles. The van der Waals surface area contributed by atoms with E-state index in [-0.39, 0.29) is 29.9 Å². The number of hydrogen-bond donors (Lipinski definition) is 1. The standard InChI is InChI=1S/C26H31NO6/c1-14(2)18-12-19(15(3)11-21(18)31-5)24(28)22-23(20-9-8-16(4)33-20)27(26(30)25(22)29)13-17-7-6-10-32-17/h8-9,11-12,14,17,23,28H,6-7,10,13H2,1-5H3/b24-22+. The van der Waals surface area contributed by atoms with Gasteiger partial charge in [-0.2, -0.15) is 0 Å². The number of furan rings is 1. The third kappa shape index (κ3) is 4.17. The van der Waals surface area contributed by atoms with E-state index in [1.165, 1.54) is 4.90 Å². The highest BCUT2D eigenvalue weighted by Gasteiger charge is 2.48. The molecule has 1 amide bonds. The Labute approximate surface area is 194 Å². The maximum Gasteiger partial charge on any atom is 0.295 e. The maximum absolute atomic E-state index is 13.2. The molecule has 7 nitrogen and oxygen atoms in total. The van der Waals surface area contributed by atoms with Crippen LogP contribution in [0.1, 0.15) is 66.9 Å². The number of hydrogen-bond acceptors (Lipinski definition) is 6. The molecule has 2 atom stereocenters. The summed E-state index contributed by atoms with van der Waals surface area (Å²) in [7, 11) is 1.61. The van der Waals surface area contributed by atoms with Crippen LogP contribution in [0.4, 0.5) is 0 Å². The molecule has 2 fully saturated rings. The number of likely N-dealkylation sites (tertiary alicyclic amines) is 1. The van der Waals surface area contributed by atoms with E-state index in [2.05, 4.69) is 0 Å². The molecule has 2 aliphatic rings. The third-order valence-corrected chi connectivity index (χ3v) is 6.45. The Bertz CT molecular complexity index is 1110. The Kier molecular flexibility index (Phi) is 6.34. The van der Waals surface area contributed by atoms with Crippen molar-refractivity contribution in [2.75, 3.05) is 20.3 Å². The molecule has 4 rings (SSSR count). The van der Waals surface area contributed by atoms with Crippen molar-refractivity contribution in [1.29, 1.82) is 0 Å². The molecule has 2 aromatic rings. The van der Waals surface area contributed by atoms with Crippen LogP contribution in [0.15, 0.2) is 34.3 Å². The summed E-state index contributed by atoms with van der Waals surface area (Å²) in [5, 5.41) is 11.4. The Morgan fingerprint density at radius 1 is 1.24 bits per heavy atom. The molecule has 0 saturated carbocycles. The fourth-order valence-electron chi connectivity index (χ4n) is 4.70. The number of carbonyl (C=O) groups excluding carboxylic acids is 2. The second-order valence-electron chi connectivity index (χ2n) is 9.10. The largest absolute Gasteiger partial charge is 0.507 e. The minimum absolute atomic E-state index is 0.0373. The number of rotatable bonds is 6. The van der Waals surface area contributed by atoms with Gasteiger partial charge in [-0.25, -0.2) is 0 Å². The molecule has 1 aromatic heterocycles. The highest BCUT2D eigenvalue weighted by molar-refractivity contribution is 6.46. The summed E-state index contributed by atoms with van der Waals surface area (Å²) < 4.78 is 17.1. The second kappa shape index (κ2) is 9.06. The van der Waals surface area contributed by atoms with Crippen LogP contribution < -0.4 is 4.74 Å². The van der Waals surface area contributed by atoms with Gasteiger partial charge in [-0.1, -0.05) is 13.8 Å². The van der Waals surface area contributed by atoms with Gasteiger partial charge < -0.3 is 23.9 Å². The van der Waals surface area contributed by atoms with Crippen molar-refractivity contribution in [2.24, 2.45) is 0 Å². The van der Waals surface area contributed by atoms with Crippen LogP contribution in [0.3, 0.4) is 0 Å². The molecule has 0 radical (unpaired) electrons. The van der Waals surface area contributed by atoms with E-state index in [1.54, 1.807) is 26.2 Å². The van der Waals surface area contributed by atoms with E-state index in [9.17, 15) is 14.7 Å². The van der Waals surface area contributed by atoms with E-state index in [4.69, 9.17) is 13.9 Å². The predicted molar refractivity (Wildman–Crippen MR) is 123 cm³/mol. The van der Waals surface area contributed by atoms with E-state index >= 15 is 0 Å². The predicted octanol–water partition coefficient (Wildman–Crippen LogP) is 4.63. The van der Waals surface area contributed by atoms with E-state index in [0.717, 1.165) is 29.7 Å². The Morgan fingerprint density at radius 2 is 2.00 bits per heavy atom. The first-order valence-corrected chi connectivity index (χ1v) is 11.4. The van der Waals surface area contributed by atoms with Crippen LogP contribution in [-0.2, 0) is 14.3 Å². The van der Waals surface area contributed by atoms with Crippen molar-refractivity contribution in [2.45, 2.75) is 58.6 Å². The second-order valence-corrected chi connectivity index (χ2v) is 9.10. The van der Waals surface area contributed by atoms with Crippen LogP contribution >= 0.6 is 0 Å². The topological polar surface area (TPSA) is 89.2 Å². The van der Waals surface area contributed by atoms with Crippen LogP contribution in [0.2, 0.25) is 0 Å². The number of ether oxygens (including phenoxy) is 2. The van der Waals surface area contributed by atoms with Crippen molar-refractivity contribution < 1.29 is 28.6 Å². The SMILES string of the molecule is COc1cc(C)c(/C(O)=C2\C(=O)C(=O)N(CC3CCCO3)C2c2ccc(C)o2)cc1C(C)C. The van der Waals surface area contributed by atoms with E-state index in [1.807, 2.05) is 32.9 Å². The molecule has 3 heterocycles. The molecular formula is C26H31NO6. The molecule has 0 spiro atoms. The summed E-state index contributed by atoms with van der Waals surface area (Å²) in [4.78, 5) is 27.8. The van der Waals surface area contributed by atoms with Crippen molar-refractivity contribution in [3.63, 3.8) is 0 Å². The molecule has 2 saturated heterocycles. The van der Waals surface area contributed by atoms with Gasteiger partial charge in [0.2, 0.25) is 0 Å². The average molecular weight is 454 g/mol. The zero-order valence-electron chi connectivity index (χ0n) is 19.8. The summed E-state index contributed by atoms with van der Waals surface area (Å²) in [5.74, 6) is 0.391. The van der Waals surface area contributed by atoms with Crippen molar-refractivity contribution in [3.8, 4) is 5.75 Å². The Morgan fingerprint density at radius 3 is 2.58 bits per heavy atom. The Hall–Kier alpha value is -3.06. The molecule has 1 N–H and O–H groups in total. The minimum atomic E-state index is -0.813. The molecule has 33 heavy (non-hydrogen) atoms. The molecule has 0 bridgehead atoms. The van der Waals surface area contributed by atoms with Crippen molar-refractivity contribution >= 4 is 17.4 Å². The third-order valence-electron chi connectivity index (χ3n) is 6.45. The van der Waals surface area contributed by atoms with E-state index in [0.29, 0.717) is 23.7 Å². The number of benzene rings is 1. The summed E-state index contributed by atoms with van der Waals surface area (Å²) in [6, 6.07) is 6.41. The lowest BCUT2D eigenvalue weighted by atomic mass is 9.92. The van der Waals surface area contributed by atoms with E-state index < -0.39 is 17.7 Å². The highest BCUT2D eigenvalue weighted by atomic mass is 16.5. The highest BCUT2D eigenvalue weighted by Crippen LogP contribution is 2.42. The van der Waals surface area contributed by atoms with Gasteiger partial charge in [-0.15, -0.1) is 0 Å². The van der Waals surface area contributed by atoms with Crippen LogP contribution in [0, 0.1) is 13.8 Å². The lowest BCUT2D eigenvalue weighted by molar-refractivity contribution is -0.141. The van der Waals surface area contributed by atoms with Gasteiger partial charge in [0.25, 0.3) is 11.7 Å². The normalized spacial score (nSPS) is 22.5. The Balaban J connectivity index is 1.87. The van der Waals surface area contributed by atoms with Gasteiger partial charge in [-0.3, -0.25) is 9.59 Å². The number of aliphatic hydroxyl groups is 1. The molecule has 7 heteroatoms. The fraction of sp³-hybridized carbons (Fsp3) is 0.462. The van der Waals surface area contributed by atoms with Crippen molar-refractivity contribution in [1.82, 2.24) is 4.90 Å². The first-order chi connectivity index (χ1) is 15.7. The average Bonchev–Trinajstić information content (AvgIpc) is 3.50. The van der Waals surface area contributed by atoms with Crippen LogP contribution in [0.5, 0.6) is 5.75 Å². The number of methoxy groups -OCH3 is 1. The number of aliphatic hydroxyl groups excluding tert-OH is 1. The van der Waals surface area contributed by atoms with Gasteiger partial charge in [0.1, 0.15) is 29.1 Å². The number of ketones is 1. The quantitative estimate of drug-likeness (QED) is 0.390. The molecule has 0 aliphatic carbocycles. The lowest BCUT2D eigenvalue weighted by Gasteiger charge is -2.26. The minimum Gasteiger partial charge on any atom is -0.507 e.